The van der Waals surface area contributed by atoms with Gasteiger partial charge in [-0.3, -0.25) is 0 Å². The highest BCUT2D eigenvalue weighted by molar-refractivity contribution is 5.58. The van der Waals surface area contributed by atoms with E-state index in [9.17, 15) is 0 Å². The molecule has 2 aromatic rings. The van der Waals surface area contributed by atoms with Crippen LogP contribution >= 0.6 is 0 Å². The van der Waals surface area contributed by atoms with Gasteiger partial charge in [0.25, 0.3) is 0 Å². The van der Waals surface area contributed by atoms with E-state index >= 15 is 0 Å². The summed E-state index contributed by atoms with van der Waals surface area (Å²) in [5, 5.41) is 3.52. The van der Waals surface area contributed by atoms with Crippen LogP contribution in [-0.4, -0.2) is 16.5 Å². The average Bonchev–Trinajstić information content (AvgIpc) is 2.55. The molecule has 0 aliphatic carbocycles. The zero-order valence-electron chi connectivity index (χ0n) is 14.9. The van der Waals surface area contributed by atoms with E-state index in [1.165, 1.54) is 31.2 Å². The van der Waals surface area contributed by atoms with E-state index in [0.717, 1.165) is 29.4 Å². The second kappa shape index (κ2) is 8.66. The van der Waals surface area contributed by atoms with Crippen LogP contribution in [0.5, 0.6) is 0 Å². The summed E-state index contributed by atoms with van der Waals surface area (Å²) in [6.07, 6.45) is 5.06. The SMILES string of the molecule is CCCCC(CC)CNc1cc(C)nc(-c2ccc(C)cc2)n1. The first-order chi connectivity index (χ1) is 11.1. The maximum atomic E-state index is 4.70. The van der Waals surface area contributed by atoms with Gasteiger partial charge in [-0.2, -0.15) is 0 Å². The predicted octanol–water partition coefficient (Wildman–Crippen LogP) is 5.39. The maximum absolute atomic E-state index is 4.70. The Balaban J connectivity index is 2.09. The summed E-state index contributed by atoms with van der Waals surface area (Å²) in [7, 11) is 0. The Morgan fingerprint density at radius 3 is 2.43 bits per heavy atom. The second-order valence-corrected chi connectivity index (χ2v) is 6.38. The van der Waals surface area contributed by atoms with Crippen molar-refractivity contribution in [2.24, 2.45) is 5.92 Å². The normalized spacial score (nSPS) is 12.2. The Hall–Kier alpha value is -1.90. The molecule has 1 aromatic carbocycles. The molecular weight excluding hydrogens is 282 g/mol. The number of rotatable bonds is 8. The van der Waals surface area contributed by atoms with Crippen molar-refractivity contribution in [1.82, 2.24) is 9.97 Å². The molecule has 1 aromatic heterocycles. The third-order valence-electron chi connectivity index (χ3n) is 4.28. The van der Waals surface area contributed by atoms with Gasteiger partial charge in [-0.15, -0.1) is 0 Å². The smallest absolute Gasteiger partial charge is 0.161 e. The van der Waals surface area contributed by atoms with Crippen LogP contribution in [-0.2, 0) is 0 Å². The number of unbranched alkanes of at least 4 members (excludes halogenated alkanes) is 1. The lowest BCUT2D eigenvalue weighted by Crippen LogP contribution is -2.15. The monoisotopic (exact) mass is 311 g/mol. The molecule has 0 saturated carbocycles. The average molecular weight is 311 g/mol. The first kappa shape index (κ1) is 17.5. The third-order valence-corrected chi connectivity index (χ3v) is 4.28. The van der Waals surface area contributed by atoms with Gasteiger partial charge < -0.3 is 5.32 Å². The molecule has 0 radical (unpaired) electrons. The van der Waals surface area contributed by atoms with Crippen molar-refractivity contribution in [3.05, 3.63) is 41.6 Å². The van der Waals surface area contributed by atoms with E-state index in [0.29, 0.717) is 5.92 Å². The number of anilines is 1. The van der Waals surface area contributed by atoms with E-state index in [1.807, 2.05) is 13.0 Å². The number of hydrogen-bond donors (Lipinski definition) is 1. The Morgan fingerprint density at radius 2 is 1.78 bits per heavy atom. The van der Waals surface area contributed by atoms with E-state index in [-0.39, 0.29) is 0 Å². The number of aryl methyl sites for hydroxylation is 2. The van der Waals surface area contributed by atoms with Crippen molar-refractivity contribution in [2.45, 2.75) is 53.4 Å². The Morgan fingerprint density at radius 1 is 1.04 bits per heavy atom. The van der Waals surface area contributed by atoms with Gasteiger partial charge in [0.2, 0.25) is 0 Å². The summed E-state index contributed by atoms with van der Waals surface area (Å²) >= 11 is 0. The largest absolute Gasteiger partial charge is 0.370 e. The minimum absolute atomic E-state index is 0.716. The van der Waals surface area contributed by atoms with E-state index in [4.69, 9.17) is 4.98 Å². The Kier molecular flexibility index (Phi) is 6.57. The van der Waals surface area contributed by atoms with Gasteiger partial charge in [-0.1, -0.05) is 62.9 Å². The Labute approximate surface area is 140 Å². The van der Waals surface area contributed by atoms with Crippen LogP contribution in [0.25, 0.3) is 11.4 Å². The summed E-state index contributed by atoms with van der Waals surface area (Å²) in [5.74, 6) is 2.45. The molecule has 0 aliphatic rings. The summed E-state index contributed by atoms with van der Waals surface area (Å²) in [5.41, 5.74) is 3.32. The molecule has 0 amide bonds. The van der Waals surface area contributed by atoms with E-state index in [1.54, 1.807) is 0 Å². The van der Waals surface area contributed by atoms with Crippen LogP contribution in [0.4, 0.5) is 5.82 Å². The molecular formula is C20H29N3. The van der Waals surface area contributed by atoms with E-state index < -0.39 is 0 Å². The lowest BCUT2D eigenvalue weighted by atomic mass is 9.99. The fraction of sp³-hybridized carbons (Fsp3) is 0.500. The number of benzene rings is 1. The second-order valence-electron chi connectivity index (χ2n) is 6.38. The molecule has 1 heterocycles. The standard InChI is InChI=1S/C20H29N3/c1-5-7-8-17(6-2)14-21-19-13-16(4)22-20(23-19)18-11-9-15(3)10-12-18/h9-13,17H,5-8,14H2,1-4H3,(H,21,22,23). The number of nitrogens with one attached hydrogen (secondary N) is 1. The van der Waals surface area contributed by atoms with Gasteiger partial charge in [-0.05, 0) is 26.2 Å². The minimum Gasteiger partial charge on any atom is -0.370 e. The van der Waals surface area contributed by atoms with Crippen LogP contribution in [0.2, 0.25) is 0 Å². The highest BCUT2D eigenvalue weighted by atomic mass is 15.0. The fourth-order valence-electron chi connectivity index (χ4n) is 2.68. The first-order valence-electron chi connectivity index (χ1n) is 8.79. The predicted molar refractivity (Wildman–Crippen MR) is 98.7 cm³/mol. The third kappa shape index (κ3) is 5.34. The highest BCUT2D eigenvalue weighted by Crippen LogP contribution is 2.19. The lowest BCUT2D eigenvalue weighted by Gasteiger charge is -2.16. The summed E-state index contributed by atoms with van der Waals surface area (Å²) in [4.78, 5) is 9.28. The molecule has 0 bridgehead atoms. The van der Waals surface area contributed by atoms with Crippen molar-refractivity contribution in [3.8, 4) is 11.4 Å². The molecule has 3 heteroatoms. The molecule has 0 aliphatic heterocycles. The molecule has 1 atom stereocenters. The van der Waals surface area contributed by atoms with Crippen molar-refractivity contribution in [2.75, 3.05) is 11.9 Å². The van der Waals surface area contributed by atoms with Gasteiger partial charge in [0.1, 0.15) is 5.82 Å². The first-order valence-corrected chi connectivity index (χ1v) is 8.79. The lowest BCUT2D eigenvalue weighted by molar-refractivity contribution is 0.472. The molecule has 23 heavy (non-hydrogen) atoms. The molecule has 1 unspecified atom stereocenters. The Bertz CT molecular complexity index is 605. The van der Waals surface area contributed by atoms with Crippen LogP contribution in [0.1, 0.15) is 50.8 Å². The molecule has 0 spiro atoms. The molecule has 124 valence electrons. The zero-order chi connectivity index (χ0) is 16.7. The van der Waals surface area contributed by atoms with Crippen LogP contribution in [0.3, 0.4) is 0 Å². The topological polar surface area (TPSA) is 37.8 Å². The van der Waals surface area contributed by atoms with Crippen molar-refractivity contribution in [1.29, 1.82) is 0 Å². The fourth-order valence-corrected chi connectivity index (χ4v) is 2.68. The maximum Gasteiger partial charge on any atom is 0.161 e. The molecule has 0 fully saturated rings. The summed E-state index contributed by atoms with van der Waals surface area (Å²) in [6.45, 7) is 9.63. The van der Waals surface area contributed by atoms with Gasteiger partial charge in [0.15, 0.2) is 5.82 Å². The minimum atomic E-state index is 0.716. The molecule has 0 saturated heterocycles. The quantitative estimate of drug-likeness (QED) is 0.710. The van der Waals surface area contributed by atoms with Crippen LogP contribution in [0, 0.1) is 19.8 Å². The van der Waals surface area contributed by atoms with Gasteiger partial charge in [0.05, 0.1) is 0 Å². The molecule has 2 rings (SSSR count). The van der Waals surface area contributed by atoms with Gasteiger partial charge in [0, 0.05) is 23.9 Å². The highest BCUT2D eigenvalue weighted by Gasteiger charge is 2.08. The van der Waals surface area contributed by atoms with Gasteiger partial charge in [-0.25, -0.2) is 9.97 Å². The van der Waals surface area contributed by atoms with E-state index in [2.05, 4.69) is 55.3 Å². The summed E-state index contributed by atoms with van der Waals surface area (Å²) in [6, 6.07) is 10.4. The van der Waals surface area contributed by atoms with Crippen molar-refractivity contribution >= 4 is 5.82 Å². The number of hydrogen-bond acceptors (Lipinski definition) is 3. The van der Waals surface area contributed by atoms with Crippen molar-refractivity contribution in [3.63, 3.8) is 0 Å². The molecule has 1 N–H and O–H groups in total. The van der Waals surface area contributed by atoms with Crippen LogP contribution < -0.4 is 5.32 Å². The molecule has 3 nitrogen and oxygen atoms in total. The number of nitrogens with zero attached hydrogens (tertiary/aromatic N) is 2. The van der Waals surface area contributed by atoms with Crippen LogP contribution in [0.15, 0.2) is 30.3 Å². The number of aromatic nitrogens is 2. The summed E-state index contributed by atoms with van der Waals surface area (Å²) < 4.78 is 0. The van der Waals surface area contributed by atoms with Crippen molar-refractivity contribution < 1.29 is 0 Å². The van der Waals surface area contributed by atoms with Gasteiger partial charge >= 0.3 is 0 Å². The zero-order valence-corrected chi connectivity index (χ0v) is 14.9.